The Balaban J connectivity index is 1.54. The number of hydrogen-bond acceptors (Lipinski definition) is 6. The van der Waals surface area contributed by atoms with Crippen molar-refractivity contribution in [3.8, 4) is 0 Å². The van der Waals surface area contributed by atoms with Crippen LogP contribution in [0.25, 0.3) is 0 Å². The lowest BCUT2D eigenvalue weighted by atomic mass is 10.2. The smallest absolute Gasteiger partial charge is 0.213 e. The van der Waals surface area contributed by atoms with E-state index in [2.05, 4.69) is 20.0 Å². The first-order valence-electron chi connectivity index (χ1n) is 5.10. The van der Waals surface area contributed by atoms with E-state index in [1.54, 1.807) is 0 Å². The second-order valence-corrected chi connectivity index (χ2v) is 3.41. The van der Waals surface area contributed by atoms with Gasteiger partial charge in [-0.05, 0) is 6.42 Å². The van der Waals surface area contributed by atoms with Gasteiger partial charge in [-0.3, -0.25) is 0 Å². The first-order chi connectivity index (χ1) is 7.45. The van der Waals surface area contributed by atoms with Gasteiger partial charge in [-0.1, -0.05) is 5.16 Å². The average molecular weight is 213 g/mol. The van der Waals surface area contributed by atoms with Crippen molar-refractivity contribution in [2.45, 2.75) is 18.9 Å². The molecule has 15 heavy (non-hydrogen) atoms. The first-order valence-corrected chi connectivity index (χ1v) is 5.10. The molecule has 1 aliphatic rings. The summed E-state index contributed by atoms with van der Waals surface area (Å²) in [5.41, 5.74) is 0. The number of aromatic nitrogens is 2. The van der Waals surface area contributed by atoms with Crippen molar-refractivity contribution in [3.63, 3.8) is 0 Å². The summed E-state index contributed by atoms with van der Waals surface area (Å²) >= 11 is 0. The van der Waals surface area contributed by atoms with Crippen molar-refractivity contribution in [2.24, 2.45) is 0 Å². The molecule has 0 aromatic carbocycles. The summed E-state index contributed by atoms with van der Waals surface area (Å²) in [5.74, 6) is 0.732. The number of ether oxygens (including phenoxy) is 2. The van der Waals surface area contributed by atoms with E-state index >= 15 is 0 Å². The van der Waals surface area contributed by atoms with E-state index in [1.165, 1.54) is 6.39 Å². The van der Waals surface area contributed by atoms with Crippen LogP contribution in [0.5, 0.6) is 0 Å². The fourth-order valence-corrected chi connectivity index (χ4v) is 1.43. The minimum Gasteiger partial charge on any atom is -0.355 e. The standard InChI is InChI=1S/C9H15N3O3/c1(9-11-6-15-12-9)3-10-5-8-2-4-13-7-14-8/h6,8,10H,1-5,7H2. The van der Waals surface area contributed by atoms with Crippen LogP contribution in [-0.4, -0.2) is 42.7 Å². The normalized spacial score (nSPS) is 21.7. The molecule has 1 fully saturated rings. The van der Waals surface area contributed by atoms with Gasteiger partial charge >= 0.3 is 0 Å². The molecule has 6 nitrogen and oxygen atoms in total. The molecule has 2 heterocycles. The number of rotatable bonds is 5. The molecule has 2 rings (SSSR count). The molecule has 1 saturated heterocycles. The van der Waals surface area contributed by atoms with E-state index in [0.29, 0.717) is 6.79 Å². The number of hydrogen-bond donors (Lipinski definition) is 1. The molecule has 1 aromatic heterocycles. The van der Waals surface area contributed by atoms with Gasteiger partial charge in [-0.15, -0.1) is 0 Å². The molecule has 1 atom stereocenters. The Morgan fingerprint density at radius 1 is 1.53 bits per heavy atom. The zero-order valence-electron chi connectivity index (χ0n) is 8.52. The van der Waals surface area contributed by atoms with Crippen molar-refractivity contribution < 1.29 is 14.0 Å². The molecule has 0 bridgehead atoms. The van der Waals surface area contributed by atoms with Gasteiger partial charge in [0.2, 0.25) is 6.39 Å². The minimum absolute atomic E-state index is 0.268. The molecule has 0 radical (unpaired) electrons. The predicted molar refractivity (Wildman–Crippen MR) is 51.2 cm³/mol. The Kier molecular flexibility index (Phi) is 4.07. The van der Waals surface area contributed by atoms with Crippen LogP contribution < -0.4 is 5.32 Å². The third-order valence-electron chi connectivity index (χ3n) is 2.28. The maximum Gasteiger partial charge on any atom is 0.213 e. The Morgan fingerprint density at radius 3 is 3.27 bits per heavy atom. The van der Waals surface area contributed by atoms with E-state index < -0.39 is 0 Å². The lowest BCUT2D eigenvalue weighted by Crippen LogP contribution is -2.34. The second-order valence-electron chi connectivity index (χ2n) is 3.41. The predicted octanol–water partition coefficient (Wildman–Crippen LogP) is -0.0353. The lowest BCUT2D eigenvalue weighted by molar-refractivity contribution is -0.137. The molecule has 1 unspecified atom stereocenters. The summed E-state index contributed by atoms with van der Waals surface area (Å²) < 4.78 is 15.1. The molecule has 84 valence electrons. The van der Waals surface area contributed by atoms with Crippen LogP contribution in [0, 0.1) is 0 Å². The first kappa shape index (κ1) is 10.5. The summed E-state index contributed by atoms with van der Waals surface area (Å²) in [7, 11) is 0. The van der Waals surface area contributed by atoms with Crippen LogP contribution in [-0.2, 0) is 15.9 Å². The second kappa shape index (κ2) is 5.79. The molecule has 1 aliphatic heterocycles. The number of nitrogens with one attached hydrogen (secondary N) is 1. The zero-order valence-corrected chi connectivity index (χ0v) is 8.52. The van der Waals surface area contributed by atoms with E-state index in [9.17, 15) is 0 Å². The van der Waals surface area contributed by atoms with Gasteiger partial charge in [0.05, 0.1) is 12.7 Å². The van der Waals surface area contributed by atoms with Crippen molar-refractivity contribution in [2.75, 3.05) is 26.5 Å². The van der Waals surface area contributed by atoms with Crippen LogP contribution in [0.3, 0.4) is 0 Å². The summed E-state index contributed by atoms with van der Waals surface area (Å²) in [6.45, 7) is 2.88. The van der Waals surface area contributed by atoms with Crippen LogP contribution >= 0.6 is 0 Å². The van der Waals surface area contributed by atoms with Crippen LogP contribution in [0.4, 0.5) is 0 Å². The summed E-state index contributed by atoms with van der Waals surface area (Å²) in [6, 6.07) is 0. The molecular formula is C9H15N3O3. The molecule has 6 heteroatoms. The Bertz CT molecular complexity index is 260. The molecule has 0 amide bonds. The third kappa shape index (κ3) is 3.58. The van der Waals surface area contributed by atoms with Gasteiger partial charge in [-0.25, -0.2) is 0 Å². The van der Waals surface area contributed by atoms with Gasteiger partial charge < -0.3 is 19.3 Å². The number of nitrogens with zero attached hydrogens (tertiary/aromatic N) is 2. The minimum atomic E-state index is 0.268. The molecule has 0 saturated carbocycles. The monoisotopic (exact) mass is 213 g/mol. The largest absolute Gasteiger partial charge is 0.355 e. The Morgan fingerprint density at radius 2 is 2.53 bits per heavy atom. The zero-order chi connectivity index (χ0) is 10.3. The van der Waals surface area contributed by atoms with Crippen LogP contribution in [0.15, 0.2) is 10.9 Å². The Labute approximate surface area is 87.9 Å². The third-order valence-corrected chi connectivity index (χ3v) is 2.28. The van der Waals surface area contributed by atoms with E-state index in [4.69, 9.17) is 9.47 Å². The highest BCUT2D eigenvalue weighted by Gasteiger charge is 2.13. The lowest BCUT2D eigenvalue weighted by Gasteiger charge is -2.22. The Hall–Kier alpha value is -0.980. The van der Waals surface area contributed by atoms with Crippen LogP contribution in [0.2, 0.25) is 0 Å². The summed E-state index contributed by atoms with van der Waals surface area (Å²) in [5, 5.41) is 7.01. The van der Waals surface area contributed by atoms with E-state index in [1.807, 2.05) is 0 Å². The fraction of sp³-hybridized carbons (Fsp3) is 0.778. The highest BCUT2D eigenvalue weighted by molar-refractivity contribution is 4.78. The van der Waals surface area contributed by atoms with Crippen LogP contribution in [0.1, 0.15) is 12.2 Å². The van der Waals surface area contributed by atoms with Gasteiger partial charge in [0.15, 0.2) is 5.82 Å². The maximum atomic E-state index is 5.38. The maximum absolute atomic E-state index is 5.38. The van der Waals surface area contributed by atoms with Crippen molar-refractivity contribution in [1.29, 1.82) is 0 Å². The van der Waals surface area contributed by atoms with E-state index in [0.717, 1.165) is 38.4 Å². The molecule has 1 N–H and O–H groups in total. The SMILES string of the molecule is c1nc(CCNCC2CCOCO2)no1. The van der Waals surface area contributed by atoms with Crippen molar-refractivity contribution in [1.82, 2.24) is 15.5 Å². The quantitative estimate of drug-likeness (QED) is 0.692. The van der Waals surface area contributed by atoms with E-state index in [-0.39, 0.29) is 6.10 Å². The van der Waals surface area contributed by atoms with Gasteiger partial charge in [0, 0.05) is 19.5 Å². The molecular weight excluding hydrogens is 198 g/mol. The molecule has 0 spiro atoms. The van der Waals surface area contributed by atoms with Gasteiger partial charge in [-0.2, -0.15) is 4.98 Å². The summed E-state index contributed by atoms with van der Waals surface area (Å²) in [6.07, 6.45) is 3.34. The van der Waals surface area contributed by atoms with Gasteiger partial charge in [0.1, 0.15) is 6.79 Å². The van der Waals surface area contributed by atoms with Crippen molar-refractivity contribution in [3.05, 3.63) is 12.2 Å². The van der Waals surface area contributed by atoms with Crippen molar-refractivity contribution >= 4 is 0 Å². The topological polar surface area (TPSA) is 69.4 Å². The molecule has 0 aliphatic carbocycles. The van der Waals surface area contributed by atoms with Gasteiger partial charge in [0.25, 0.3) is 0 Å². The highest BCUT2D eigenvalue weighted by Crippen LogP contribution is 2.04. The summed E-state index contributed by atoms with van der Waals surface area (Å²) in [4.78, 5) is 3.93. The molecule has 1 aromatic rings. The highest BCUT2D eigenvalue weighted by atomic mass is 16.7. The fourth-order valence-electron chi connectivity index (χ4n) is 1.43. The average Bonchev–Trinajstić information content (AvgIpc) is 2.79.